The van der Waals surface area contributed by atoms with E-state index in [1.54, 1.807) is 42.2 Å². The van der Waals surface area contributed by atoms with Crippen LogP contribution in [0, 0.1) is 0 Å². The zero-order chi connectivity index (χ0) is 26.5. The van der Waals surface area contributed by atoms with Gasteiger partial charge < -0.3 is 20.3 Å². The third-order valence-corrected chi connectivity index (χ3v) is 6.22. The highest BCUT2D eigenvalue weighted by atomic mass is 35.5. The fourth-order valence-electron chi connectivity index (χ4n) is 4.27. The van der Waals surface area contributed by atoms with Crippen molar-refractivity contribution in [1.82, 2.24) is 25.3 Å². The molecule has 0 aliphatic carbocycles. The molecule has 1 saturated heterocycles. The van der Waals surface area contributed by atoms with E-state index in [4.69, 9.17) is 16.3 Å². The number of carbonyl (C=O) groups excluding carboxylic acids is 3. The van der Waals surface area contributed by atoms with Crippen LogP contribution in [-0.2, 0) is 9.53 Å². The second-order valence-corrected chi connectivity index (χ2v) is 10.3. The number of hydrogen-bond donors (Lipinski definition) is 2. The molecule has 2 aliphatic heterocycles. The van der Waals surface area contributed by atoms with Gasteiger partial charge in [0.2, 0.25) is 0 Å². The van der Waals surface area contributed by atoms with Crippen LogP contribution in [0.4, 0.5) is 9.59 Å². The van der Waals surface area contributed by atoms with Gasteiger partial charge in [-0.2, -0.15) is 0 Å². The van der Waals surface area contributed by atoms with E-state index in [-0.39, 0.29) is 30.8 Å². The first kappa shape index (κ1) is 27.5. The van der Waals surface area contributed by atoms with Crippen molar-refractivity contribution in [3.63, 3.8) is 0 Å². The van der Waals surface area contributed by atoms with Crippen molar-refractivity contribution in [2.45, 2.75) is 39.3 Å². The Kier molecular flexibility index (Phi) is 9.03. The van der Waals surface area contributed by atoms with Crippen molar-refractivity contribution >= 4 is 29.6 Å². The van der Waals surface area contributed by atoms with Gasteiger partial charge in [-0.1, -0.05) is 29.8 Å². The number of nitrogens with one attached hydrogen (secondary N) is 2. The zero-order valence-electron chi connectivity index (χ0n) is 21.5. The third kappa shape index (κ3) is 6.79. The predicted octanol–water partition coefficient (Wildman–Crippen LogP) is 3.54. The lowest BCUT2D eigenvalue weighted by atomic mass is 9.94. The number of esters is 1. The Hall–Kier alpha value is -3.04. The minimum absolute atomic E-state index is 0.0956. The highest BCUT2D eigenvalue weighted by Crippen LogP contribution is 2.33. The Morgan fingerprint density at radius 3 is 2.39 bits per heavy atom. The fraction of sp³-hybridized carbons (Fsp3) is 0.500. The molecule has 1 aromatic rings. The van der Waals surface area contributed by atoms with E-state index < -0.39 is 12.0 Å². The first-order chi connectivity index (χ1) is 17.0. The Morgan fingerprint density at radius 2 is 1.83 bits per heavy atom. The van der Waals surface area contributed by atoms with E-state index in [0.717, 1.165) is 5.56 Å². The number of amides is 4. The van der Waals surface area contributed by atoms with Gasteiger partial charge in [-0.05, 0) is 45.4 Å². The predicted molar refractivity (Wildman–Crippen MR) is 140 cm³/mol. The van der Waals surface area contributed by atoms with Crippen molar-refractivity contribution in [1.29, 1.82) is 0 Å². The Bertz CT molecular complexity index is 1010. The van der Waals surface area contributed by atoms with Gasteiger partial charge in [0.05, 0.1) is 18.2 Å². The summed E-state index contributed by atoms with van der Waals surface area (Å²) >= 11 is 6.07. The Balaban J connectivity index is 1.91. The summed E-state index contributed by atoms with van der Waals surface area (Å²) in [5, 5.41) is 6.50. The molecule has 36 heavy (non-hydrogen) atoms. The van der Waals surface area contributed by atoms with Crippen LogP contribution in [0.25, 0.3) is 0 Å². The molecular formula is C26H36ClN5O4. The lowest BCUT2D eigenvalue weighted by Crippen LogP contribution is -2.56. The number of halogens is 1. The number of rotatable bonds is 7. The highest BCUT2D eigenvalue weighted by Gasteiger charge is 2.39. The van der Waals surface area contributed by atoms with Crippen LogP contribution in [0.5, 0.6) is 0 Å². The molecule has 2 heterocycles. The number of nitrogens with zero attached hydrogens (tertiary/aromatic N) is 3. The molecule has 9 nitrogen and oxygen atoms in total. The average Bonchev–Trinajstić information content (AvgIpc) is 2.81. The normalized spacial score (nSPS) is 19.1. The van der Waals surface area contributed by atoms with Gasteiger partial charge in [0.15, 0.2) is 0 Å². The molecule has 0 unspecified atom stereocenters. The van der Waals surface area contributed by atoms with Crippen molar-refractivity contribution in [3.05, 3.63) is 58.8 Å². The summed E-state index contributed by atoms with van der Waals surface area (Å²) in [5.41, 5.74) is 1.37. The molecule has 196 valence electrons. The smallest absolute Gasteiger partial charge is 0.338 e. The molecule has 10 heteroatoms. The molecule has 0 aromatic heterocycles. The van der Waals surface area contributed by atoms with Gasteiger partial charge in [0.1, 0.15) is 0 Å². The minimum Gasteiger partial charge on any atom is -0.463 e. The van der Waals surface area contributed by atoms with Gasteiger partial charge in [-0.15, -0.1) is 6.58 Å². The minimum atomic E-state index is -0.677. The molecule has 0 saturated carbocycles. The number of ether oxygens (including phenoxy) is 1. The van der Waals surface area contributed by atoms with Gasteiger partial charge in [0, 0.05) is 55.5 Å². The van der Waals surface area contributed by atoms with Gasteiger partial charge in [-0.25, -0.2) is 14.4 Å². The molecule has 0 bridgehead atoms. The van der Waals surface area contributed by atoms with Crippen LogP contribution in [-0.4, -0.2) is 84.1 Å². The summed E-state index contributed by atoms with van der Waals surface area (Å²) in [5.74, 6) is -0.482. The summed E-state index contributed by atoms with van der Waals surface area (Å²) in [6.45, 7) is 14.5. The maximum absolute atomic E-state index is 13.2. The summed E-state index contributed by atoms with van der Waals surface area (Å²) < 4.78 is 5.43. The fourth-order valence-corrected chi connectivity index (χ4v) is 4.40. The highest BCUT2D eigenvalue weighted by molar-refractivity contribution is 6.30. The maximum atomic E-state index is 13.2. The molecule has 1 aromatic carbocycles. The molecular weight excluding hydrogens is 482 g/mol. The van der Waals surface area contributed by atoms with Gasteiger partial charge in [0.25, 0.3) is 0 Å². The lowest BCUT2D eigenvalue weighted by molar-refractivity contribution is -0.139. The van der Waals surface area contributed by atoms with Gasteiger partial charge >= 0.3 is 18.0 Å². The Morgan fingerprint density at radius 1 is 1.19 bits per heavy atom. The number of benzene rings is 1. The van der Waals surface area contributed by atoms with E-state index in [9.17, 15) is 14.4 Å². The molecule has 0 spiro atoms. The monoisotopic (exact) mass is 517 g/mol. The molecule has 3 rings (SSSR count). The molecule has 1 atom stereocenters. The van der Waals surface area contributed by atoms with Crippen LogP contribution < -0.4 is 10.6 Å². The standard InChI is InChI=1S/C26H36ClN5O4/c1-6-12-32-20(17-30-13-15-31(16-14-30)25(35)29-26(3,4)5)21(23(33)36-7-2)22(28-24(32)34)18-8-10-19(27)11-9-18/h6,8-11,22H,1,7,12-17H2,2-5H3,(H,28,34)(H,29,35)/t22-/m1/s1. The second-order valence-electron chi connectivity index (χ2n) is 9.86. The summed E-state index contributed by atoms with van der Waals surface area (Å²) in [7, 11) is 0. The van der Waals surface area contributed by atoms with Crippen LogP contribution in [0.2, 0.25) is 5.02 Å². The van der Waals surface area contributed by atoms with Crippen molar-refractivity contribution in [2.24, 2.45) is 0 Å². The molecule has 1 fully saturated rings. The van der Waals surface area contributed by atoms with E-state index in [1.165, 1.54) is 4.90 Å². The number of carbonyl (C=O) groups is 3. The average molecular weight is 518 g/mol. The second kappa shape index (κ2) is 11.8. The van der Waals surface area contributed by atoms with Crippen LogP contribution in [0.1, 0.15) is 39.3 Å². The topological polar surface area (TPSA) is 94.2 Å². The first-order valence-corrected chi connectivity index (χ1v) is 12.6. The Labute approximate surface area is 218 Å². The van der Waals surface area contributed by atoms with E-state index >= 15 is 0 Å². The molecule has 4 amide bonds. The zero-order valence-corrected chi connectivity index (χ0v) is 22.2. The first-order valence-electron chi connectivity index (χ1n) is 12.2. The summed E-state index contributed by atoms with van der Waals surface area (Å²) in [6.07, 6.45) is 1.62. The summed E-state index contributed by atoms with van der Waals surface area (Å²) in [4.78, 5) is 44.4. The SMILES string of the molecule is C=CCN1C(=O)N[C@H](c2ccc(Cl)cc2)C(C(=O)OCC)=C1CN1CCN(C(=O)NC(C)(C)C)CC1. The lowest BCUT2D eigenvalue weighted by Gasteiger charge is -2.40. The van der Waals surface area contributed by atoms with Crippen LogP contribution in [0.3, 0.4) is 0 Å². The van der Waals surface area contributed by atoms with E-state index in [1.807, 2.05) is 20.8 Å². The molecule has 2 N–H and O–H groups in total. The quantitative estimate of drug-likeness (QED) is 0.426. The van der Waals surface area contributed by atoms with E-state index in [0.29, 0.717) is 49.0 Å². The number of hydrogen-bond acceptors (Lipinski definition) is 5. The van der Waals surface area contributed by atoms with Gasteiger partial charge in [-0.3, -0.25) is 9.80 Å². The number of urea groups is 2. The van der Waals surface area contributed by atoms with Crippen molar-refractivity contribution in [3.8, 4) is 0 Å². The summed E-state index contributed by atoms with van der Waals surface area (Å²) in [6, 6.07) is 5.94. The van der Waals surface area contributed by atoms with Crippen molar-refractivity contribution < 1.29 is 19.1 Å². The maximum Gasteiger partial charge on any atom is 0.338 e. The number of piperazine rings is 1. The largest absolute Gasteiger partial charge is 0.463 e. The van der Waals surface area contributed by atoms with Crippen molar-refractivity contribution in [2.75, 3.05) is 45.9 Å². The van der Waals surface area contributed by atoms with Crippen LogP contribution in [0.15, 0.2) is 48.2 Å². The van der Waals surface area contributed by atoms with Crippen LogP contribution >= 0.6 is 11.6 Å². The van der Waals surface area contributed by atoms with E-state index in [2.05, 4.69) is 22.1 Å². The third-order valence-electron chi connectivity index (χ3n) is 5.96. The molecule has 0 radical (unpaired) electrons. The molecule has 2 aliphatic rings.